The van der Waals surface area contributed by atoms with Crippen molar-refractivity contribution in [3.63, 3.8) is 0 Å². The van der Waals surface area contributed by atoms with Crippen LogP contribution in [0.25, 0.3) is 0 Å². The summed E-state index contributed by atoms with van der Waals surface area (Å²) in [5, 5.41) is 16.4. The molecule has 0 aliphatic rings. The molecule has 0 atom stereocenters. The van der Waals surface area contributed by atoms with Crippen molar-refractivity contribution in [2.75, 3.05) is 5.32 Å². The molecule has 5 nitrogen and oxygen atoms in total. The molecule has 0 radical (unpaired) electrons. The number of nitrogens with one attached hydrogen (secondary N) is 1. The van der Waals surface area contributed by atoms with Gasteiger partial charge >= 0.3 is 5.97 Å². The number of aryl methyl sites for hydroxylation is 1. The third kappa shape index (κ3) is 2.89. The predicted molar refractivity (Wildman–Crippen MR) is 71.6 cm³/mol. The topological polar surface area (TPSA) is 67.2 Å². The second-order valence-electron chi connectivity index (χ2n) is 3.83. The number of hydrogen-bond acceptors (Lipinski definition) is 3. The third-order valence-electron chi connectivity index (χ3n) is 2.44. The van der Waals surface area contributed by atoms with E-state index in [-0.39, 0.29) is 5.56 Å². The zero-order valence-electron chi connectivity index (χ0n) is 9.72. The van der Waals surface area contributed by atoms with Crippen LogP contribution in [0, 0.1) is 0 Å². The van der Waals surface area contributed by atoms with Gasteiger partial charge in [-0.2, -0.15) is 5.10 Å². The number of halogens is 1. The van der Waals surface area contributed by atoms with Gasteiger partial charge in [0.15, 0.2) is 0 Å². The van der Waals surface area contributed by atoms with Crippen LogP contribution in [0.1, 0.15) is 16.1 Å². The van der Waals surface area contributed by atoms with Gasteiger partial charge in [-0.05, 0) is 24.3 Å². The lowest BCUT2D eigenvalue weighted by Gasteiger charge is -2.08. The van der Waals surface area contributed by atoms with Gasteiger partial charge < -0.3 is 10.4 Å². The van der Waals surface area contributed by atoms with Crippen molar-refractivity contribution >= 4 is 27.6 Å². The lowest BCUT2D eigenvalue weighted by Crippen LogP contribution is -2.07. The number of carboxylic acid groups (broad SMARTS) is 1. The summed E-state index contributed by atoms with van der Waals surface area (Å²) in [6.45, 7) is 0.484. The fourth-order valence-corrected chi connectivity index (χ4v) is 1.95. The maximum Gasteiger partial charge on any atom is 0.337 e. The highest BCUT2D eigenvalue weighted by molar-refractivity contribution is 9.10. The lowest BCUT2D eigenvalue weighted by molar-refractivity contribution is 0.0698. The van der Waals surface area contributed by atoms with Crippen molar-refractivity contribution in [3.8, 4) is 0 Å². The molecular formula is C12H12BrN3O2. The van der Waals surface area contributed by atoms with Crippen LogP contribution in [0.15, 0.2) is 34.9 Å². The summed E-state index contributed by atoms with van der Waals surface area (Å²) in [5.41, 5.74) is 1.67. The molecule has 1 aromatic carbocycles. The molecule has 1 heterocycles. The Morgan fingerprint density at radius 2 is 2.28 bits per heavy atom. The Morgan fingerprint density at radius 1 is 1.50 bits per heavy atom. The lowest BCUT2D eigenvalue weighted by atomic mass is 10.2. The van der Waals surface area contributed by atoms with Crippen molar-refractivity contribution < 1.29 is 9.90 Å². The molecule has 1 aromatic heterocycles. The molecule has 0 amide bonds. The van der Waals surface area contributed by atoms with E-state index in [2.05, 4.69) is 26.3 Å². The summed E-state index contributed by atoms with van der Waals surface area (Å²) < 4.78 is 2.53. The van der Waals surface area contributed by atoms with Gasteiger partial charge in [-0.25, -0.2) is 4.79 Å². The van der Waals surface area contributed by atoms with Gasteiger partial charge in [-0.15, -0.1) is 0 Å². The highest BCUT2D eigenvalue weighted by atomic mass is 79.9. The number of benzene rings is 1. The number of carboxylic acids is 1. The van der Waals surface area contributed by atoms with E-state index in [0.29, 0.717) is 12.2 Å². The fraction of sp³-hybridized carbons (Fsp3) is 0.167. The molecular weight excluding hydrogens is 298 g/mol. The first-order chi connectivity index (χ1) is 8.56. The minimum absolute atomic E-state index is 0.245. The van der Waals surface area contributed by atoms with Crippen molar-refractivity contribution in [3.05, 3.63) is 46.2 Å². The number of nitrogens with zero attached hydrogens (tertiary/aromatic N) is 2. The van der Waals surface area contributed by atoms with E-state index in [0.717, 1.165) is 10.2 Å². The molecule has 0 saturated heterocycles. The first kappa shape index (κ1) is 12.6. The van der Waals surface area contributed by atoms with E-state index in [1.54, 1.807) is 22.9 Å². The Kier molecular flexibility index (Phi) is 3.66. The summed E-state index contributed by atoms with van der Waals surface area (Å²) in [6, 6.07) is 6.89. The molecule has 0 fully saturated rings. The van der Waals surface area contributed by atoms with Crippen molar-refractivity contribution in [1.82, 2.24) is 9.78 Å². The van der Waals surface area contributed by atoms with Gasteiger partial charge in [0.2, 0.25) is 0 Å². The molecule has 0 spiro atoms. The van der Waals surface area contributed by atoms with Gasteiger partial charge in [-0.3, -0.25) is 4.68 Å². The van der Waals surface area contributed by atoms with Gasteiger partial charge in [0.05, 0.1) is 23.5 Å². The standard InChI is InChI=1S/C12H12BrN3O2/c1-16-5-4-9(15-16)7-14-11-6-8(13)2-3-10(11)12(17)18/h2-6,14H,7H2,1H3,(H,17,18). The molecule has 0 bridgehead atoms. The molecule has 0 unspecified atom stereocenters. The minimum Gasteiger partial charge on any atom is -0.478 e. The summed E-state index contributed by atoms with van der Waals surface area (Å²) in [6.07, 6.45) is 1.84. The van der Waals surface area contributed by atoms with Crippen molar-refractivity contribution in [1.29, 1.82) is 0 Å². The highest BCUT2D eigenvalue weighted by Gasteiger charge is 2.10. The summed E-state index contributed by atoms with van der Waals surface area (Å²) >= 11 is 3.32. The van der Waals surface area contributed by atoms with Crippen molar-refractivity contribution in [2.24, 2.45) is 7.05 Å². The van der Waals surface area contributed by atoms with Crippen LogP contribution < -0.4 is 5.32 Å². The molecule has 2 aromatic rings. The summed E-state index contributed by atoms with van der Waals surface area (Å²) in [4.78, 5) is 11.1. The van der Waals surface area contributed by atoms with Crippen LogP contribution in [-0.4, -0.2) is 20.9 Å². The Bertz CT molecular complexity index is 580. The van der Waals surface area contributed by atoms with Crippen LogP contribution in [0.4, 0.5) is 5.69 Å². The minimum atomic E-state index is -0.953. The van der Waals surface area contributed by atoms with Gasteiger partial charge in [0, 0.05) is 17.7 Å². The molecule has 2 N–H and O–H groups in total. The van der Waals surface area contributed by atoms with E-state index in [1.807, 2.05) is 19.3 Å². The van der Waals surface area contributed by atoms with Crippen molar-refractivity contribution in [2.45, 2.75) is 6.54 Å². The summed E-state index contributed by atoms with van der Waals surface area (Å²) in [7, 11) is 1.84. The average Bonchev–Trinajstić information content (AvgIpc) is 2.72. The summed E-state index contributed by atoms with van der Waals surface area (Å²) in [5.74, 6) is -0.953. The first-order valence-electron chi connectivity index (χ1n) is 5.31. The largest absolute Gasteiger partial charge is 0.478 e. The quantitative estimate of drug-likeness (QED) is 0.910. The highest BCUT2D eigenvalue weighted by Crippen LogP contribution is 2.22. The Balaban J connectivity index is 2.17. The van der Waals surface area contributed by atoms with E-state index in [9.17, 15) is 4.79 Å². The Hall–Kier alpha value is -1.82. The maximum atomic E-state index is 11.1. The number of aromatic carboxylic acids is 1. The molecule has 94 valence electrons. The second-order valence-corrected chi connectivity index (χ2v) is 4.75. The van der Waals surface area contributed by atoms with E-state index >= 15 is 0 Å². The molecule has 18 heavy (non-hydrogen) atoms. The maximum absolute atomic E-state index is 11.1. The van der Waals surface area contributed by atoms with E-state index < -0.39 is 5.97 Å². The number of carbonyl (C=O) groups is 1. The first-order valence-corrected chi connectivity index (χ1v) is 6.11. The normalized spacial score (nSPS) is 10.3. The SMILES string of the molecule is Cn1ccc(CNc2cc(Br)ccc2C(=O)O)n1. The average molecular weight is 310 g/mol. The second kappa shape index (κ2) is 5.22. The van der Waals surface area contributed by atoms with Gasteiger partial charge in [-0.1, -0.05) is 15.9 Å². The third-order valence-corrected chi connectivity index (χ3v) is 2.93. The van der Waals surface area contributed by atoms with Crippen LogP contribution >= 0.6 is 15.9 Å². The molecule has 6 heteroatoms. The molecule has 0 aliphatic heterocycles. The van der Waals surface area contributed by atoms with Crippen LogP contribution in [0.3, 0.4) is 0 Å². The fourth-order valence-electron chi connectivity index (χ4n) is 1.59. The number of rotatable bonds is 4. The van der Waals surface area contributed by atoms with E-state index in [4.69, 9.17) is 5.11 Å². The van der Waals surface area contributed by atoms with Crippen LogP contribution in [-0.2, 0) is 13.6 Å². The molecule has 0 saturated carbocycles. The van der Waals surface area contributed by atoms with Gasteiger partial charge in [0.25, 0.3) is 0 Å². The predicted octanol–water partition coefficient (Wildman–Crippen LogP) is 2.49. The number of hydrogen-bond donors (Lipinski definition) is 2. The smallest absolute Gasteiger partial charge is 0.337 e. The monoisotopic (exact) mass is 309 g/mol. The van der Waals surface area contributed by atoms with E-state index in [1.165, 1.54) is 0 Å². The van der Waals surface area contributed by atoms with Crippen LogP contribution in [0.2, 0.25) is 0 Å². The Morgan fingerprint density at radius 3 is 2.89 bits per heavy atom. The Labute approximate surface area is 113 Å². The number of anilines is 1. The molecule has 0 aliphatic carbocycles. The zero-order chi connectivity index (χ0) is 13.1. The number of aromatic nitrogens is 2. The van der Waals surface area contributed by atoms with Crippen LogP contribution in [0.5, 0.6) is 0 Å². The van der Waals surface area contributed by atoms with Gasteiger partial charge in [0.1, 0.15) is 0 Å². The molecule has 2 rings (SSSR count). The zero-order valence-corrected chi connectivity index (χ0v) is 11.3.